The Labute approximate surface area is 118 Å². The maximum absolute atomic E-state index is 13.4. The molecule has 0 aliphatic heterocycles. The molecule has 1 fully saturated rings. The molecule has 1 aliphatic rings. The highest BCUT2D eigenvalue weighted by Gasteiger charge is 2.43. The quantitative estimate of drug-likeness (QED) is 0.924. The summed E-state index contributed by atoms with van der Waals surface area (Å²) in [5, 5.41) is 0. The van der Waals surface area contributed by atoms with Gasteiger partial charge < -0.3 is 15.2 Å². The van der Waals surface area contributed by atoms with E-state index >= 15 is 0 Å². The van der Waals surface area contributed by atoms with Gasteiger partial charge in [0.15, 0.2) is 0 Å². The lowest BCUT2D eigenvalue weighted by molar-refractivity contribution is -0.0509. The molecule has 0 unspecified atom stereocenters. The van der Waals surface area contributed by atoms with Gasteiger partial charge in [-0.05, 0) is 30.5 Å². The van der Waals surface area contributed by atoms with Crippen molar-refractivity contribution < 1.29 is 18.3 Å². The van der Waals surface area contributed by atoms with E-state index in [4.69, 9.17) is 15.2 Å². The van der Waals surface area contributed by atoms with Crippen molar-refractivity contribution in [3.05, 3.63) is 23.8 Å². The van der Waals surface area contributed by atoms with Crippen molar-refractivity contribution in [2.24, 2.45) is 5.73 Å². The molecule has 2 N–H and O–H groups in total. The minimum Gasteiger partial charge on any atom is -0.497 e. The Bertz CT molecular complexity index is 445. The third-order valence-electron chi connectivity index (χ3n) is 4.29. The van der Waals surface area contributed by atoms with Crippen LogP contribution in [-0.2, 0) is 5.41 Å². The third-order valence-corrected chi connectivity index (χ3v) is 4.29. The number of nitrogens with two attached hydrogens (primary N) is 1. The van der Waals surface area contributed by atoms with E-state index in [-0.39, 0.29) is 12.8 Å². The number of halogens is 2. The van der Waals surface area contributed by atoms with Crippen molar-refractivity contribution in [1.29, 1.82) is 0 Å². The number of hydrogen-bond acceptors (Lipinski definition) is 3. The van der Waals surface area contributed by atoms with E-state index < -0.39 is 11.3 Å². The number of benzene rings is 1. The third kappa shape index (κ3) is 2.87. The summed E-state index contributed by atoms with van der Waals surface area (Å²) in [4.78, 5) is 0. The minimum atomic E-state index is -2.57. The van der Waals surface area contributed by atoms with E-state index in [0.29, 0.717) is 30.9 Å². The summed E-state index contributed by atoms with van der Waals surface area (Å²) in [6, 6.07) is 5.52. The molecular weight excluding hydrogens is 264 g/mol. The van der Waals surface area contributed by atoms with Crippen LogP contribution in [0.2, 0.25) is 0 Å². The summed E-state index contributed by atoms with van der Waals surface area (Å²) in [6.07, 6.45) is 0.521. The van der Waals surface area contributed by atoms with Crippen LogP contribution in [0.25, 0.3) is 0 Å². The van der Waals surface area contributed by atoms with Crippen molar-refractivity contribution in [3.63, 3.8) is 0 Å². The van der Waals surface area contributed by atoms with E-state index in [1.165, 1.54) is 0 Å². The highest BCUT2D eigenvalue weighted by Crippen LogP contribution is 2.46. The molecule has 1 aromatic carbocycles. The maximum atomic E-state index is 13.4. The highest BCUT2D eigenvalue weighted by molar-refractivity contribution is 5.42. The second-order valence-electron chi connectivity index (χ2n) is 5.44. The number of alkyl halides is 2. The lowest BCUT2D eigenvalue weighted by Gasteiger charge is -2.40. The lowest BCUT2D eigenvalue weighted by Crippen LogP contribution is -2.42. The van der Waals surface area contributed by atoms with Gasteiger partial charge in [0.05, 0.1) is 14.2 Å². The Morgan fingerprint density at radius 3 is 1.90 bits per heavy atom. The standard InChI is InChI=1S/C15H21F2NO2/c1-19-12-7-11(8-13(9-12)20-2)14(10-18)3-5-15(16,17)6-4-14/h7-9H,3-6,10,18H2,1-2H3. The van der Waals surface area contributed by atoms with Crippen LogP contribution in [0.4, 0.5) is 8.78 Å². The number of rotatable bonds is 4. The van der Waals surface area contributed by atoms with Crippen LogP contribution in [-0.4, -0.2) is 26.7 Å². The summed E-state index contributed by atoms with van der Waals surface area (Å²) in [6.45, 7) is 0.347. The Balaban J connectivity index is 2.36. The molecule has 0 spiro atoms. The highest BCUT2D eigenvalue weighted by atomic mass is 19.3. The molecule has 0 bridgehead atoms. The fourth-order valence-corrected chi connectivity index (χ4v) is 2.82. The summed E-state index contributed by atoms with van der Waals surface area (Å²) in [5.41, 5.74) is 6.43. The van der Waals surface area contributed by atoms with Crippen molar-refractivity contribution in [2.45, 2.75) is 37.0 Å². The van der Waals surface area contributed by atoms with Crippen LogP contribution in [0.15, 0.2) is 18.2 Å². The van der Waals surface area contributed by atoms with Gasteiger partial charge in [-0.15, -0.1) is 0 Å². The van der Waals surface area contributed by atoms with Gasteiger partial charge in [0, 0.05) is 30.9 Å². The van der Waals surface area contributed by atoms with Crippen LogP contribution in [0.5, 0.6) is 11.5 Å². The smallest absolute Gasteiger partial charge is 0.248 e. The van der Waals surface area contributed by atoms with Gasteiger partial charge in [0.25, 0.3) is 0 Å². The maximum Gasteiger partial charge on any atom is 0.248 e. The van der Waals surface area contributed by atoms with Crippen LogP contribution in [0.3, 0.4) is 0 Å². The van der Waals surface area contributed by atoms with E-state index in [9.17, 15) is 8.78 Å². The monoisotopic (exact) mass is 285 g/mol. The molecule has 0 aromatic heterocycles. The first-order valence-electron chi connectivity index (χ1n) is 6.76. The van der Waals surface area contributed by atoms with Gasteiger partial charge in [-0.2, -0.15) is 0 Å². The van der Waals surface area contributed by atoms with Crippen LogP contribution >= 0.6 is 0 Å². The molecule has 0 atom stereocenters. The predicted octanol–water partition coefficient (Wildman–Crippen LogP) is 3.11. The molecule has 0 amide bonds. The number of methoxy groups -OCH3 is 2. The first-order chi connectivity index (χ1) is 9.44. The molecule has 0 saturated heterocycles. The molecule has 3 nitrogen and oxygen atoms in total. The second kappa shape index (κ2) is 5.56. The molecule has 20 heavy (non-hydrogen) atoms. The van der Waals surface area contributed by atoms with Crippen molar-refractivity contribution >= 4 is 0 Å². The Kier molecular flexibility index (Phi) is 4.18. The van der Waals surface area contributed by atoms with Gasteiger partial charge in [0.2, 0.25) is 5.92 Å². The zero-order valence-corrected chi connectivity index (χ0v) is 11.9. The Hall–Kier alpha value is -1.36. The predicted molar refractivity (Wildman–Crippen MR) is 73.7 cm³/mol. The van der Waals surface area contributed by atoms with E-state index in [0.717, 1.165) is 5.56 Å². The van der Waals surface area contributed by atoms with Crippen molar-refractivity contribution in [1.82, 2.24) is 0 Å². The SMILES string of the molecule is COc1cc(OC)cc(C2(CN)CCC(F)(F)CC2)c1. The summed E-state index contributed by atoms with van der Waals surface area (Å²) >= 11 is 0. The average Bonchev–Trinajstić information content (AvgIpc) is 2.47. The summed E-state index contributed by atoms with van der Waals surface area (Å²) in [7, 11) is 3.14. The first kappa shape index (κ1) is 15.0. The number of hydrogen-bond donors (Lipinski definition) is 1. The van der Waals surface area contributed by atoms with E-state index in [2.05, 4.69) is 0 Å². The van der Waals surface area contributed by atoms with Gasteiger partial charge in [-0.3, -0.25) is 0 Å². The minimum absolute atomic E-state index is 0.121. The molecule has 1 saturated carbocycles. The van der Waals surface area contributed by atoms with Gasteiger partial charge in [0.1, 0.15) is 11.5 Å². The fourth-order valence-electron chi connectivity index (χ4n) is 2.82. The van der Waals surface area contributed by atoms with Crippen LogP contribution in [0.1, 0.15) is 31.2 Å². The lowest BCUT2D eigenvalue weighted by atomic mass is 9.68. The summed E-state index contributed by atoms with van der Waals surface area (Å²) in [5.74, 6) is -1.25. The molecule has 112 valence electrons. The molecule has 5 heteroatoms. The first-order valence-corrected chi connectivity index (χ1v) is 6.76. The van der Waals surface area contributed by atoms with Gasteiger partial charge >= 0.3 is 0 Å². The molecular formula is C15H21F2NO2. The van der Waals surface area contributed by atoms with Crippen molar-refractivity contribution in [2.75, 3.05) is 20.8 Å². The molecule has 1 aliphatic carbocycles. The van der Waals surface area contributed by atoms with E-state index in [1.54, 1.807) is 20.3 Å². The average molecular weight is 285 g/mol. The Morgan fingerprint density at radius 1 is 1.00 bits per heavy atom. The summed E-state index contributed by atoms with van der Waals surface area (Å²) < 4.78 is 37.3. The normalized spacial score (nSPS) is 20.4. The fraction of sp³-hybridized carbons (Fsp3) is 0.600. The molecule has 1 aromatic rings. The molecule has 0 radical (unpaired) electrons. The van der Waals surface area contributed by atoms with E-state index in [1.807, 2.05) is 12.1 Å². The zero-order chi connectivity index (χ0) is 14.8. The topological polar surface area (TPSA) is 44.5 Å². The van der Waals surface area contributed by atoms with Crippen LogP contribution in [0, 0.1) is 0 Å². The second-order valence-corrected chi connectivity index (χ2v) is 5.44. The zero-order valence-electron chi connectivity index (χ0n) is 11.9. The van der Waals surface area contributed by atoms with Gasteiger partial charge in [-0.25, -0.2) is 8.78 Å². The van der Waals surface area contributed by atoms with Gasteiger partial charge in [-0.1, -0.05) is 0 Å². The molecule has 2 rings (SSSR count). The van der Waals surface area contributed by atoms with Crippen molar-refractivity contribution in [3.8, 4) is 11.5 Å². The molecule has 0 heterocycles. The Morgan fingerprint density at radius 2 is 1.50 bits per heavy atom. The van der Waals surface area contributed by atoms with Crippen LogP contribution < -0.4 is 15.2 Å². The largest absolute Gasteiger partial charge is 0.497 e. The number of ether oxygens (including phenoxy) is 2.